The molecule has 0 aliphatic heterocycles. The van der Waals surface area contributed by atoms with E-state index in [2.05, 4.69) is 0 Å². The number of rotatable bonds is 0. The van der Waals surface area contributed by atoms with Gasteiger partial charge in [-0.15, -0.1) is 0 Å². The second kappa shape index (κ2) is 5.44. The summed E-state index contributed by atoms with van der Waals surface area (Å²) in [5, 5.41) is 0. The third-order valence-electron chi connectivity index (χ3n) is 112. The average Bonchev–Trinajstić information content (AvgIpc) is 0.395. The summed E-state index contributed by atoms with van der Waals surface area (Å²) in [6.45, 7) is 0. The van der Waals surface area contributed by atoms with Gasteiger partial charge in [0.2, 0.25) is 0 Å². The van der Waals surface area contributed by atoms with E-state index in [0.717, 1.165) is 319 Å². The van der Waals surface area contributed by atoms with Gasteiger partial charge in [-0.3, -0.25) is 0 Å². The zero-order valence-corrected chi connectivity index (χ0v) is 65.9. The van der Waals surface area contributed by atoms with Crippen LogP contribution in [0.5, 0.6) is 0 Å². The van der Waals surface area contributed by atoms with Gasteiger partial charge in [0.25, 0.3) is 0 Å². The fourth-order valence-electron chi connectivity index (χ4n) is 149. The van der Waals surface area contributed by atoms with Crippen molar-refractivity contribution in [2.45, 2.75) is 51.4 Å². The van der Waals surface area contributed by atoms with Gasteiger partial charge in [0.05, 0.1) is 0 Å². The standard InChI is InChI=1S/C122H58/c1-2-10-7-14-20-26-31-35-39-43-46-42-38-34-30-25-19-13-5-4-9-6-12-17-23-28-22-16(9)53(13)57(19)64(25)68(30)72(34)76(38)80(42)82(46)78(43)74(39)70(35)66(31)61(26)55(20)51(10,14)49-48-50-52-11(3-1)8-15(52)21-27-32-36-40-44-47-45-41-37-33-29-24-18(12)54(17)59(23)63(28)58(22,53)87(57)91(63)88(59)60(24,54)65(29)69(33)73(37)77(41)81(45)83(47)79(44)75(40)71(36)67(32)62(27)56(21,52)86(50)84(48)85(49,55)89(61)92(84)90(62,86)96(67)100(71)104(75)108(79)112(83)110(81)106(77)102(73)98(69)94(65,88)113(91)93(64,87)97(68)101(72)105(76)109(80)111(82)107(78)103(74)99(70)95(66,89)114(92,96)116(99,100)118(103,104)120(107,108)122(111,112)121(109,110)119(105,106)117(101,102)115(97,98)113/h9-50H,1-8H2. The molecule has 0 aromatic carbocycles. The van der Waals surface area contributed by atoms with Crippen LogP contribution in [-0.4, -0.2) is 0 Å². The minimum atomic E-state index is 1.04. The highest BCUT2D eigenvalue weighted by Crippen LogP contribution is 3.95. The Hall–Kier alpha value is 0. The van der Waals surface area contributed by atoms with Gasteiger partial charge in [-0.1, -0.05) is 6.42 Å². The molecule has 0 aromatic rings. The quantitative estimate of drug-likeness (QED) is 0.227. The number of hydrogen-bond acceptors (Lipinski definition) is 0. The molecule has 94 rings (SSSR count). The van der Waals surface area contributed by atoms with E-state index in [0.29, 0.717) is 0 Å². The minimum absolute atomic E-state index is 1.04. The smallest absolute Gasteiger partial charge is 0.0000249 e. The van der Waals surface area contributed by atoms with E-state index < -0.39 is 0 Å². The van der Waals surface area contributed by atoms with Crippen LogP contribution in [-0.2, 0) is 0 Å². The molecule has 0 saturated heterocycles. The lowest BCUT2D eigenvalue weighted by molar-refractivity contribution is -1.09. The Morgan fingerprint density at radius 3 is 0.689 bits per heavy atom. The molecular formula is C122H58. The van der Waals surface area contributed by atoms with Gasteiger partial charge >= 0.3 is 0 Å². The molecule has 0 nitrogen and oxygen atoms in total. The summed E-state index contributed by atoms with van der Waals surface area (Å²) in [6, 6.07) is 0. The molecule has 94 aliphatic carbocycles. The zero-order valence-electron chi connectivity index (χ0n) is 65.9. The highest BCUT2D eigenvalue weighted by molar-refractivity contribution is 6.91. The maximum absolute atomic E-state index is 1.97. The lowest BCUT2D eigenvalue weighted by Crippen LogP contribution is -3.76. The third kappa shape index (κ3) is 0.726. The summed E-state index contributed by atoms with van der Waals surface area (Å²) in [5.74, 6) is 60.8. The van der Waals surface area contributed by atoms with Gasteiger partial charge < -0.3 is 0 Å². The van der Waals surface area contributed by atoms with E-state index >= 15 is 0 Å². The zero-order chi connectivity index (χ0) is 65.9. The van der Waals surface area contributed by atoms with Gasteiger partial charge in [0, 0.05) is 0 Å². The van der Waals surface area contributed by atoms with Crippen LogP contribution in [0, 0.1) is 638 Å². The maximum atomic E-state index is 1.97. The van der Waals surface area contributed by atoms with E-state index in [-0.39, 0.29) is 0 Å². The molecule has 0 amide bonds. The predicted molar refractivity (Wildman–Crippen MR) is 383 cm³/mol. The Morgan fingerprint density at radius 2 is 0.352 bits per heavy atom. The Morgan fingerprint density at radius 1 is 0.131 bits per heavy atom. The first kappa shape index (κ1) is 38.6. The summed E-state index contributed by atoms with van der Waals surface area (Å²) >= 11 is 0. The minimum Gasteiger partial charge on any atom is -0.0527 e. The molecule has 122 heavy (non-hydrogen) atoms. The molecule has 0 radical (unpaired) electrons. The Bertz CT molecular complexity index is 10000. The van der Waals surface area contributed by atoms with Crippen molar-refractivity contribution >= 4 is 0 Å². The summed E-state index contributed by atoms with van der Waals surface area (Å²) in [6.07, 6.45) is 15.1. The van der Waals surface area contributed by atoms with Crippen molar-refractivity contribution in [2.75, 3.05) is 0 Å². The van der Waals surface area contributed by atoms with E-state index in [1.165, 1.54) is 319 Å². The molecule has 546 valence electrons. The van der Waals surface area contributed by atoms with Crippen LogP contribution >= 0.6 is 0 Å². The Kier molecular flexibility index (Phi) is 1.72. The van der Waals surface area contributed by atoms with Crippen molar-refractivity contribution in [2.24, 2.45) is 476 Å². The molecule has 0 heterocycles. The van der Waals surface area contributed by atoms with E-state index in [1.807, 2.05) is 51.4 Å². The van der Waals surface area contributed by atoms with Crippen molar-refractivity contribution in [3.05, 3.63) is 162 Å². The summed E-state index contributed by atoms with van der Waals surface area (Å²) < 4.78 is 0. The average molecular weight is 1520 g/mol. The summed E-state index contributed by atoms with van der Waals surface area (Å²) in [5.41, 5.74) is 82.1. The monoisotopic (exact) mass is 1520 g/mol. The predicted octanol–water partition coefficient (Wildman–Crippen LogP) is 10.7. The first-order valence-electron chi connectivity index (χ1n) is 60.8. The highest BCUT2D eigenvalue weighted by Gasteiger charge is 3.90. The van der Waals surface area contributed by atoms with Gasteiger partial charge in [0.15, 0.2) is 0 Å². The molecule has 72 spiro atoms. The number of hydrogen-bond donors (Lipinski definition) is 0. The van der Waals surface area contributed by atoms with Crippen LogP contribution in [0.3, 0.4) is 0 Å². The summed E-state index contributed by atoms with van der Waals surface area (Å²) in [7, 11) is 0. The van der Waals surface area contributed by atoms with Crippen LogP contribution in [0.4, 0.5) is 0 Å². The summed E-state index contributed by atoms with van der Waals surface area (Å²) in [4.78, 5) is 0. The van der Waals surface area contributed by atoms with E-state index in [9.17, 15) is 0 Å². The lowest BCUT2D eigenvalue weighted by atomic mass is 8.20. The second-order valence-electron chi connectivity index (χ2n) is 81.6. The first-order chi connectivity index (χ1) is 60.8. The molecule has 94 saturated carbocycles. The van der Waals surface area contributed by atoms with Crippen molar-refractivity contribution in [1.29, 1.82) is 0 Å². The normalized spacial score (nSPS) is 152. The largest absolute Gasteiger partial charge is 0.0527 e. The Balaban J connectivity index is 0.516. The molecule has 94 fully saturated rings. The second-order valence-corrected chi connectivity index (χ2v) is 81.6. The lowest BCUT2D eigenvalue weighted by Gasteiger charge is -3.82. The molecule has 0 bridgehead atoms. The van der Waals surface area contributed by atoms with Crippen LogP contribution in [0.2, 0.25) is 0 Å². The topological polar surface area (TPSA) is 0 Å². The van der Waals surface area contributed by atoms with E-state index in [4.69, 9.17) is 0 Å². The molecule has 0 aromatic heterocycles. The third-order valence-corrected chi connectivity index (χ3v) is 112. The van der Waals surface area contributed by atoms with Crippen molar-refractivity contribution in [3.8, 4) is 0 Å². The van der Waals surface area contributed by atoms with Crippen LogP contribution in [0.1, 0.15) is 51.4 Å². The van der Waals surface area contributed by atoms with E-state index in [1.54, 1.807) is 0 Å². The fraction of sp³-hybridized carbons (Fsp3) is 1.00. The first-order valence-corrected chi connectivity index (χ1v) is 60.8. The van der Waals surface area contributed by atoms with Gasteiger partial charge in [-0.05, 0) is 683 Å². The van der Waals surface area contributed by atoms with Crippen molar-refractivity contribution < 1.29 is 0 Å². The SMILES string of the molecule is C1CC2CC3C4C5C6C7C8C9C%10C%11C%12C%13C%14C%15C%16C%17CCC%18CC%19C%20C%21C%22C%23C%18C%17%18C%23%17C%22%23C%21%22C%20%21C%19C%19C%20C%24C%25C%26C%27C%28C%29C%30C%31C%32C%33C%34C%35CC(C1)C%351C%35C%36C%37C23C42C%373C%364C%35%36C%341C%331C%32%33C%31%32C%30%31C%29%30C%28%29C%27%28C%26%27C%25%26C%24%25C%20%24C%19%21C%22%19C%23%20C%17%21C%16%18C%15%16C%14%15C%13%14C%12%13C%11%12C%10%11C9%10C89C78C67C52C32C43C%361C%331C%324C%315C%306C%29%17C%28%18C%27%22C%26%23C%25%26C%24%19C%20%19C%16%21C%15%16C%14%15C%13%14C%12%13C%11%12C%10%11C9%10C89C72C31C94C%105C%116C%12%17C%13%18C%14%22C%15%23C%16%26%19. The molecular weight excluding hydrogens is 1470 g/mol. The van der Waals surface area contributed by atoms with Crippen LogP contribution < -0.4 is 0 Å². The molecule has 114 atom stereocenters. The molecule has 94 aliphatic rings. The van der Waals surface area contributed by atoms with Crippen LogP contribution in [0.15, 0.2) is 0 Å². The van der Waals surface area contributed by atoms with Crippen molar-refractivity contribution in [3.63, 3.8) is 0 Å². The maximum Gasteiger partial charge on any atom is -0.0000249 e. The van der Waals surface area contributed by atoms with Crippen LogP contribution in [0.25, 0.3) is 0 Å². The molecule has 0 N–H and O–H groups in total. The van der Waals surface area contributed by atoms with Gasteiger partial charge in [-0.2, -0.15) is 0 Å². The van der Waals surface area contributed by atoms with Gasteiger partial charge in [-0.25, -0.2) is 0 Å². The molecule has 114 unspecified atom stereocenters. The Labute approximate surface area is 684 Å². The fourth-order valence-corrected chi connectivity index (χ4v) is 149. The van der Waals surface area contributed by atoms with Crippen molar-refractivity contribution in [1.82, 2.24) is 0 Å². The van der Waals surface area contributed by atoms with Gasteiger partial charge in [0.1, 0.15) is 0 Å². The molecule has 0 heteroatoms. The highest BCUT2D eigenvalue weighted by atomic mass is 15.9. The number of fused-ring (bicyclic) bond motifs is 29.